The van der Waals surface area contributed by atoms with Gasteiger partial charge in [-0.3, -0.25) is 14.4 Å². The quantitative estimate of drug-likeness (QED) is 0.241. The van der Waals surface area contributed by atoms with Crippen LogP contribution in [-0.4, -0.2) is 78.3 Å². The summed E-state index contributed by atoms with van der Waals surface area (Å²) in [6.45, 7) is 0.388. The number of hydrogen-bond donors (Lipinski definition) is 4. The predicted octanol–water partition coefficient (Wildman–Crippen LogP) is -0.277. The number of hydrogen-bond acceptors (Lipinski definition) is 7. The summed E-state index contributed by atoms with van der Waals surface area (Å²) in [5, 5.41) is 22.9. The molecule has 4 N–H and O–H groups in total. The zero-order chi connectivity index (χ0) is 22.9. The van der Waals surface area contributed by atoms with Gasteiger partial charge in [0.15, 0.2) is 11.5 Å². The molecule has 1 aromatic carbocycles. The van der Waals surface area contributed by atoms with Crippen molar-refractivity contribution in [1.82, 2.24) is 10.6 Å². The summed E-state index contributed by atoms with van der Waals surface area (Å²) in [6.07, 6.45) is 4.05. The van der Waals surface area contributed by atoms with Crippen molar-refractivity contribution in [3.8, 4) is 0 Å². The van der Waals surface area contributed by atoms with Crippen LogP contribution in [0.3, 0.4) is 0 Å². The third-order valence-corrected chi connectivity index (χ3v) is 4.68. The Bertz CT molecular complexity index is 652. The van der Waals surface area contributed by atoms with Gasteiger partial charge in [-0.1, -0.05) is 30.3 Å². The first-order valence-electron chi connectivity index (χ1n) is 9.21. The number of nitrogens with one attached hydrogen (secondary N) is 2. The second kappa shape index (κ2) is 16.4. The first kappa shape index (κ1) is 27.6. The fraction of sp³-hybridized carbons (Fsp3) is 0.500. The molecule has 1 aromatic rings. The minimum atomic E-state index is -1.19. The second-order valence-electron chi connectivity index (χ2n) is 6.52. The minimum absolute atomic E-state index is 0.00819. The molecule has 0 saturated carbocycles. The third-order valence-electron chi connectivity index (χ3n) is 3.78. The highest BCUT2D eigenvalue weighted by Crippen LogP contribution is 2.02. The number of ether oxygens (including phenoxy) is 1. The van der Waals surface area contributed by atoms with Crippen LogP contribution in [0.4, 0.5) is 0 Å². The number of carboxylic acids is 1. The standard InChI is InChI=1S/C12H22N2O5S.C8H8O2/c1-13-10(6-15)11(17)14-9(12(18)19)5-4-8(16)7-20(2)3;9-7-10-6-8-4-2-1-3-5-8/h9-10,13,15H,4-7H2,1-3H3,(H-,14,17,18,19);1-5,7H,6H2/p+1. The Morgan fingerprint density at radius 3 is 2.27 bits per heavy atom. The molecule has 10 heteroatoms. The number of aliphatic carboxylic acids is 1. The van der Waals surface area contributed by atoms with Gasteiger partial charge in [0, 0.05) is 6.42 Å². The highest BCUT2D eigenvalue weighted by atomic mass is 32.2. The number of ketones is 1. The number of rotatable bonds is 13. The number of likely N-dealkylation sites (N-methyl/N-ethyl adjacent to an activating group) is 1. The number of carboxylic acid groups (broad SMARTS) is 1. The monoisotopic (exact) mass is 443 g/mol. The summed E-state index contributed by atoms with van der Waals surface area (Å²) in [5.74, 6) is -1.37. The molecule has 0 aliphatic heterocycles. The first-order valence-corrected chi connectivity index (χ1v) is 11.4. The van der Waals surface area contributed by atoms with Crippen molar-refractivity contribution >= 4 is 35.0 Å². The van der Waals surface area contributed by atoms with Gasteiger partial charge in [0.1, 0.15) is 18.7 Å². The smallest absolute Gasteiger partial charge is 0.326 e. The van der Waals surface area contributed by atoms with Gasteiger partial charge in [0.2, 0.25) is 5.91 Å². The van der Waals surface area contributed by atoms with Gasteiger partial charge in [-0.2, -0.15) is 0 Å². The first-order chi connectivity index (χ1) is 14.2. The fourth-order valence-corrected chi connectivity index (χ4v) is 3.03. The molecule has 0 fully saturated rings. The maximum absolute atomic E-state index is 11.7. The van der Waals surface area contributed by atoms with Crippen LogP contribution < -0.4 is 10.6 Å². The van der Waals surface area contributed by atoms with E-state index in [0.717, 1.165) is 5.56 Å². The third kappa shape index (κ3) is 12.9. The van der Waals surface area contributed by atoms with E-state index < -0.39 is 30.6 Å². The Morgan fingerprint density at radius 1 is 1.17 bits per heavy atom. The van der Waals surface area contributed by atoms with Crippen LogP contribution >= 0.6 is 0 Å². The maximum Gasteiger partial charge on any atom is 0.326 e. The van der Waals surface area contributed by atoms with Crippen LogP contribution in [0.2, 0.25) is 0 Å². The lowest BCUT2D eigenvalue weighted by Crippen LogP contribution is -2.51. The molecule has 168 valence electrons. The van der Waals surface area contributed by atoms with Gasteiger partial charge >= 0.3 is 5.97 Å². The van der Waals surface area contributed by atoms with E-state index in [-0.39, 0.29) is 29.5 Å². The molecule has 1 amide bonds. The SMILES string of the molecule is CNC(CO)C(=O)NC(CCC(=O)C[S+](C)C)C(=O)O.O=COCc1ccccc1. The number of carbonyl (C=O) groups is 4. The van der Waals surface area contributed by atoms with E-state index in [2.05, 4.69) is 15.4 Å². The zero-order valence-corrected chi connectivity index (χ0v) is 18.3. The van der Waals surface area contributed by atoms with Crippen molar-refractivity contribution in [2.75, 3.05) is 31.9 Å². The molecular weight excluding hydrogens is 412 g/mol. The van der Waals surface area contributed by atoms with Gasteiger partial charge in [0.25, 0.3) is 6.47 Å². The van der Waals surface area contributed by atoms with Gasteiger partial charge in [-0.15, -0.1) is 0 Å². The average molecular weight is 444 g/mol. The zero-order valence-electron chi connectivity index (χ0n) is 17.5. The molecule has 0 aliphatic rings. The molecule has 30 heavy (non-hydrogen) atoms. The normalized spacial score (nSPS) is 12.2. The van der Waals surface area contributed by atoms with E-state index in [9.17, 15) is 19.2 Å². The minimum Gasteiger partial charge on any atom is -0.480 e. The van der Waals surface area contributed by atoms with Crippen LogP contribution in [0.15, 0.2) is 30.3 Å². The van der Waals surface area contributed by atoms with Crippen molar-refractivity contribution in [2.24, 2.45) is 0 Å². The summed E-state index contributed by atoms with van der Waals surface area (Å²) >= 11 is 0. The topological polar surface area (TPSA) is 142 Å². The van der Waals surface area contributed by atoms with E-state index in [4.69, 9.17) is 10.2 Å². The number of aliphatic hydroxyl groups excluding tert-OH is 1. The number of aliphatic hydroxyl groups is 1. The Kier molecular flexibility index (Phi) is 15.0. The molecule has 2 unspecified atom stereocenters. The van der Waals surface area contributed by atoms with E-state index >= 15 is 0 Å². The van der Waals surface area contributed by atoms with Crippen LogP contribution in [0.5, 0.6) is 0 Å². The molecule has 9 nitrogen and oxygen atoms in total. The van der Waals surface area contributed by atoms with Crippen LogP contribution in [-0.2, 0) is 41.4 Å². The van der Waals surface area contributed by atoms with Crippen molar-refractivity contribution in [2.45, 2.75) is 31.5 Å². The Labute approximate surface area is 179 Å². The van der Waals surface area contributed by atoms with Crippen LogP contribution in [0.25, 0.3) is 0 Å². The van der Waals surface area contributed by atoms with Crippen LogP contribution in [0.1, 0.15) is 18.4 Å². The number of Topliss-reactive ketones (excluding diaryl/α,β-unsaturated/α-hetero) is 1. The summed E-state index contributed by atoms with van der Waals surface area (Å²) < 4.78 is 4.54. The van der Waals surface area contributed by atoms with Gasteiger partial charge in [0.05, 0.1) is 19.1 Å². The summed E-state index contributed by atoms with van der Waals surface area (Å²) in [6, 6.07) is 7.57. The number of carbonyl (C=O) groups excluding carboxylic acids is 3. The summed E-state index contributed by atoms with van der Waals surface area (Å²) in [7, 11) is 1.47. The lowest BCUT2D eigenvalue weighted by atomic mass is 10.1. The van der Waals surface area contributed by atoms with E-state index in [1.807, 2.05) is 42.8 Å². The highest BCUT2D eigenvalue weighted by Gasteiger charge is 2.25. The molecule has 2 atom stereocenters. The fourth-order valence-electron chi connectivity index (χ4n) is 2.24. The highest BCUT2D eigenvalue weighted by molar-refractivity contribution is 7.96. The molecular formula is C20H31N2O7S+. The van der Waals surface area contributed by atoms with E-state index in [1.165, 1.54) is 7.05 Å². The number of benzene rings is 1. The Hall–Kier alpha value is -2.43. The Morgan fingerprint density at radius 2 is 1.80 bits per heavy atom. The number of amides is 1. The van der Waals surface area contributed by atoms with E-state index in [1.54, 1.807) is 0 Å². The van der Waals surface area contributed by atoms with Gasteiger partial charge in [-0.05, 0) is 29.9 Å². The molecule has 0 bridgehead atoms. The molecule has 0 saturated heterocycles. The summed E-state index contributed by atoms with van der Waals surface area (Å²) in [5.41, 5.74) is 1.01. The molecule has 0 heterocycles. The van der Waals surface area contributed by atoms with Crippen molar-refractivity contribution in [3.63, 3.8) is 0 Å². The molecule has 0 radical (unpaired) electrons. The largest absolute Gasteiger partial charge is 0.480 e. The van der Waals surface area contributed by atoms with Crippen molar-refractivity contribution in [3.05, 3.63) is 35.9 Å². The summed E-state index contributed by atoms with van der Waals surface area (Å²) in [4.78, 5) is 44.0. The molecule has 0 aliphatic carbocycles. The van der Waals surface area contributed by atoms with Crippen LogP contribution in [0, 0.1) is 0 Å². The maximum atomic E-state index is 11.7. The molecule has 1 rings (SSSR count). The molecule has 0 spiro atoms. The van der Waals surface area contributed by atoms with Crippen molar-refractivity contribution in [1.29, 1.82) is 0 Å². The van der Waals surface area contributed by atoms with Gasteiger partial charge < -0.3 is 25.6 Å². The lowest BCUT2D eigenvalue weighted by molar-refractivity contribution is -0.142. The second-order valence-corrected chi connectivity index (χ2v) is 8.78. The predicted molar refractivity (Wildman–Crippen MR) is 115 cm³/mol. The molecule has 0 aromatic heterocycles. The van der Waals surface area contributed by atoms with Crippen molar-refractivity contribution < 1.29 is 34.1 Å². The lowest BCUT2D eigenvalue weighted by Gasteiger charge is -2.18. The Balaban J connectivity index is 0.000000696. The average Bonchev–Trinajstić information content (AvgIpc) is 2.71. The van der Waals surface area contributed by atoms with E-state index in [0.29, 0.717) is 18.8 Å². The van der Waals surface area contributed by atoms with Gasteiger partial charge in [-0.25, -0.2) is 4.79 Å².